The minimum absolute atomic E-state index is 0.0172. The van der Waals surface area contributed by atoms with Crippen LogP contribution in [0.2, 0.25) is 0 Å². The number of ether oxygens (including phenoxy) is 1. The smallest absolute Gasteiger partial charge is 0.280 e. The van der Waals surface area contributed by atoms with Crippen LogP contribution in [0.5, 0.6) is 0 Å². The lowest BCUT2D eigenvalue weighted by molar-refractivity contribution is -0.0504. The Balaban J connectivity index is 1.77. The van der Waals surface area contributed by atoms with Crippen molar-refractivity contribution in [2.45, 2.75) is 24.5 Å². The molecule has 13 heteroatoms. The van der Waals surface area contributed by atoms with E-state index in [0.29, 0.717) is 13.1 Å². The number of likely N-dealkylation sites (N-methyl/N-ethyl adjacent to an activating group) is 1. The average molecular weight is 396 g/mol. The number of nitrogens with zero attached hydrogens (tertiary/aromatic N) is 5. The summed E-state index contributed by atoms with van der Waals surface area (Å²) in [6, 6.07) is 0. The van der Waals surface area contributed by atoms with Gasteiger partial charge in [0.1, 0.15) is 18.3 Å². The first kappa shape index (κ1) is 19.0. The van der Waals surface area contributed by atoms with Crippen molar-refractivity contribution < 1.29 is 20.1 Å². The minimum Gasteiger partial charge on any atom is -0.394 e. The molecule has 4 atom stereocenters. The molecule has 2 aromatic heterocycles. The fourth-order valence-electron chi connectivity index (χ4n) is 3.47. The number of piperazine rings is 1. The van der Waals surface area contributed by atoms with Gasteiger partial charge in [-0.25, -0.2) is 9.99 Å². The third kappa shape index (κ3) is 3.21. The van der Waals surface area contributed by atoms with Crippen molar-refractivity contribution >= 4 is 23.1 Å². The van der Waals surface area contributed by atoms with Gasteiger partial charge in [-0.05, 0) is 7.05 Å². The molecule has 13 nitrogen and oxygen atoms in total. The van der Waals surface area contributed by atoms with Crippen LogP contribution in [0.25, 0.3) is 11.2 Å². The summed E-state index contributed by atoms with van der Waals surface area (Å²) in [6.45, 7) is 2.63. The molecule has 0 amide bonds. The van der Waals surface area contributed by atoms with Gasteiger partial charge in [-0.2, -0.15) is 4.98 Å². The molecule has 0 bridgehead atoms. The normalized spacial score (nSPS) is 29.6. The Kier molecular flexibility index (Phi) is 4.95. The van der Waals surface area contributed by atoms with Crippen LogP contribution in [0.15, 0.2) is 4.79 Å². The van der Waals surface area contributed by atoms with Crippen LogP contribution in [0, 0.1) is 0 Å². The molecule has 7 N–H and O–H groups in total. The van der Waals surface area contributed by atoms with Crippen molar-refractivity contribution in [1.82, 2.24) is 29.4 Å². The maximum absolute atomic E-state index is 12.3. The van der Waals surface area contributed by atoms with Gasteiger partial charge in [0.25, 0.3) is 5.56 Å². The second-order valence-corrected chi connectivity index (χ2v) is 7.06. The van der Waals surface area contributed by atoms with Crippen molar-refractivity contribution in [3.8, 4) is 0 Å². The number of hydrogen-bond donors (Lipinski definition) is 6. The second-order valence-electron chi connectivity index (χ2n) is 7.06. The second kappa shape index (κ2) is 7.27. The van der Waals surface area contributed by atoms with E-state index < -0.39 is 36.7 Å². The molecule has 0 radical (unpaired) electrons. The largest absolute Gasteiger partial charge is 0.394 e. The van der Waals surface area contributed by atoms with Gasteiger partial charge in [-0.15, -0.1) is 0 Å². The standard InChI is InChI=1S/C15H24N8O5/c1-21-2-4-22(5-3-21)20-15-17-8-11(18-14(16)19-12(8)27)23(15)13-10(26)9(25)7(6-24)28-13/h7,9-10,13,24-26H,2-6H2,1H3,(H,17,20)(H3,16,18,19,27)/t7-,9?,10?,13-/m1/s1. The van der Waals surface area contributed by atoms with Crippen LogP contribution in [-0.2, 0) is 4.74 Å². The van der Waals surface area contributed by atoms with Crippen LogP contribution >= 0.6 is 0 Å². The first-order chi connectivity index (χ1) is 13.4. The Bertz CT molecular complexity index is 908. The number of hydrogen-bond acceptors (Lipinski definition) is 11. The van der Waals surface area contributed by atoms with Crippen LogP contribution < -0.4 is 16.7 Å². The molecule has 2 unspecified atom stereocenters. The highest BCUT2D eigenvalue weighted by Crippen LogP contribution is 2.34. The number of fused-ring (bicyclic) bond motifs is 1. The van der Waals surface area contributed by atoms with E-state index in [-0.39, 0.29) is 23.1 Å². The Morgan fingerprint density at radius 1 is 1.25 bits per heavy atom. The lowest BCUT2D eigenvalue weighted by Gasteiger charge is -2.33. The molecule has 28 heavy (non-hydrogen) atoms. The van der Waals surface area contributed by atoms with Gasteiger partial charge in [0.05, 0.1) is 6.61 Å². The molecule has 0 aliphatic carbocycles. The van der Waals surface area contributed by atoms with Crippen molar-refractivity contribution in [1.29, 1.82) is 0 Å². The van der Waals surface area contributed by atoms with Crippen molar-refractivity contribution in [3.05, 3.63) is 10.4 Å². The zero-order valence-electron chi connectivity index (χ0n) is 15.3. The molecule has 0 aromatic carbocycles. The Morgan fingerprint density at radius 2 is 1.96 bits per heavy atom. The summed E-state index contributed by atoms with van der Waals surface area (Å²) < 4.78 is 7.02. The number of hydrazine groups is 1. The predicted molar refractivity (Wildman–Crippen MR) is 98.3 cm³/mol. The summed E-state index contributed by atoms with van der Waals surface area (Å²) in [5, 5.41) is 31.9. The topological polar surface area (TPSA) is 178 Å². The van der Waals surface area contributed by atoms with Crippen LogP contribution in [-0.4, -0.2) is 103 Å². The van der Waals surface area contributed by atoms with E-state index >= 15 is 0 Å². The molecule has 4 rings (SSSR count). The molecule has 0 spiro atoms. The number of imidazole rings is 1. The monoisotopic (exact) mass is 396 g/mol. The lowest BCUT2D eigenvalue weighted by atomic mass is 10.1. The van der Waals surface area contributed by atoms with Gasteiger partial charge in [-0.3, -0.25) is 19.8 Å². The number of H-pyrrole nitrogens is 1. The number of anilines is 2. The van der Waals surface area contributed by atoms with Crippen LogP contribution in [0.3, 0.4) is 0 Å². The minimum atomic E-state index is -1.36. The zero-order valence-corrected chi connectivity index (χ0v) is 15.3. The highest BCUT2D eigenvalue weighted by atomic mass is 16.6. The molecule has 2 aromatic rings. The molecule has 2 aliphatic rings. The Hall–Kier alpha value is -2.29. The van der Waals surface area contributed by atoms with Gasteiger partial charge >= 0.3 is 0 Å². The number of aliphatic hydroxyl groups is 3. The summed E-state index contributed by atoms with van der Waals surface area (Å²) in [6.07, 6.45) is -4.75. The highest BCUT2D eigenvalue weighted by molar-refractivity contribution is 5.74. The van der Waals surface area contributed by atoms with Crippen molar-refractivity contribution in [3.63, 3.8) is 0 Å². The van der Waals surface area contributed by atoms with Gasteiger partial charge in [0.2, 0.25) is 11.9 Å². The maximum atomic E-state index is 12.3. The third-order valence-corrected chi connectivity index (χ3v) is 5.10. The number of nitrogens with one attached hydrogen (secondary N) is 2. The predicted octanol–water partition coefficient (Wildman–Crippen LogP) is -3.11. The van der Waals surface area contributed by atoms with Crippen molar-refractivity contribution in [2.24, 2.45) is 0 Å². The number of aliphatic hydroxyl groups excluding tert-OH is 3. The molecule has 2 saturated heterocycles. The number of aromatic amines is 1. The molecular weight excluding hydrogens is 372 g/mol. The summed E-state index contributed by atoms with van der Waals surface area (Å²) in [5.74, 6) is 0.106. The number of nitrogen functional groups attached to an aromatic ring is 1. The maximum Gasteiger partial charge on any atom is 0.280 e. The summed E-state index contributed by atoms with van der Waals surface area (Å²) >= 11 is 0. The van der Waals surface area contributed by atoms with Gasteiger partial charge in [-0.1, -0.05) is 0 Å². The van der Waals surface area contributed by atoms with E-state index in [1.165, 1.54) is 4.57 Å². The quantitative estimate of drug-likeness (QED) is 0.308. The molecular formula is C15H24N8O5. The van der Waals surface area contributed by atoms with Gasteiger partial charge in [0, 0.05) is 26.2 Å². The van der Waals surface area contributed by atoms with E-state index in [1.54, 1.807) is 0 Å². The van der Waals surface area contributed by atoms with Gasteiger partial charge < -0.3 is 30.7 Å². The van der Waals surface area contributed by atoms with E-state index in [0.717, 1.165) is 13.1 Å². The average Bonchev–Trinajstić information content (AvgIpc) is 3.15. The SMILES string of the molecule is CN1CCN(Nc2nc3c(=O)[nH]c(N)nc3n2[C@@H]2O[C@H](CO)C(O)C2O)CC1. The molecule has 4 heterocycles. The number of rotatable bonds is 4. The summed E-state index contributed by atoms with van der Waals surface area (Å²) in [7, 11) is 2.03. The van der Waals surface area contributed by atoms with Crippen LogP contribution in [0.1, 0.15) is 6.23 Å². The van der Waals surface area contributed by atoms with E-state index in [2.05, 4.69) is 25.3 Å². The molecule has 2 fully saturated rings. The van der Waals surface area contributed by atoms with Crippen molar-refractivity contribution in [2.75, 3.05) is 51.0 Å². The zero-order chi connectivity index (χ0) is 20.0. The lowest BCUT2D eigenvalue weighted by Crippen LogP contribution is -2.47. The van der Waals surface area contributed by atoms with E-state index in [9.17, 15) is 20.1 Å². The third-order valence-electron chi connectivity index (χ3n) is 5.10. The number of nitrogens with two attached hydrogens (primary N) is 1. The highest BCUT2D eigenvalue weighted by Gasteiger charge is 2.45. The van der Waals surface area contributed by atoms with E-state index in [1.807, 2.05) is 12.1 Å². The molecule has 0 saturated carbocycles. The first-order valence-corrected chi connectivity index (χ1v) is 8.99. The molecule has 154 valence electrons. The first-order valence-electron chi connectivity index (χ1n) is 8.99. The fourth-order valence-corrected chi connectivity index (χ4v) is 3.47. The molecule has 2 aliphatic heterocycles. The Labute approximate surface area is 159 Å². The Morgan fingerprint density at radius 3 is 2.61 bits per heavy atom. The van der Waals surface area contributed by atoms with Gasteiger partial charge in [0.15, 0.2) is 17.4 Å². The van der Waals surface area contributed by atoms with Crippen LogP contribution in [0.4, 0.5) is 11.9 Å². The summed E-state index contributed by atoms with van der Waals surface area (Å²) in [4.78, 5) is 25.3. The number of aromatic nitrogens is 4. The van der Waals surface area contributed by atoms with E-state index in [4.69, 9.17) is 10.5 Å². The fraction of sp³-hybridized carbons (Fsp3) is 0.667. The summed E-state index contributed by atoms with van der Waals surface area (Å²) in [5.41, 5.74) is 8.41.